The summed E-state index contributed by atoms with van der Waals surface area (Å²) in [6, 6.07) is 0. The fourth-order valence-electron chi connectivity index (χ4n) is 3.97. The second kappa shape index (κ2) is 9.99. The van der Waals surface area contributed by atoms with Gasteiger partial charge in [0.1, 0.15) is 16.4 Å². The summed E-state index contributed by atoms with van der Waals surface area (Å²) < 4.78 is 50.7. The minimum absolute atomic E-state index is 0.00753. The minimum Gasteiger partial charge on any atom is -0.342 e. The van der Waals surface area contributed by atoms with E-state index in [0.29, 0.717) is 31.0 Å². The first-order valence-electron chi connectivity index (χ1n) is 10.9. The van der Waals surface area contributed by atoms with Gasteiger partial charge in [0.2, 0.25) is 11.9 Å². The largest absolute Gasteiger partial charge is 0.342 e. The number of fused-ring (bicyclic) bond motifs is 1. The average molecular weight is 497 g/mol. The van der Waals surface area contributed by atoms with Gasteiger partial charge in [-0.2, -0.15) is 15.2 Å². The maximum atomic E-state index is 12.5. The first-order valence-corrected chi connectivity index (χ1v) is 12.9. The quantitative estimate of drug-likeness (QED) is 0.474. The summed E-state index contributed by atoms with van der Waals surface area (Å²) in [4.78, 5) is 22.9. The molecule has 0 spiro atoms. The zero-order chi connectivity index (χ0) is 24.3. The van der Waals surface area contributed by atoms with Crippen LogP contribution in [0.5, 0.6) is 0 Å². The Bertz CT molecular complexity index is 1260. The van der Waals surface area contributed by atoms with E-state index in [2.05, 4.69) is 25.5 Å². The molecule has 4 rings (SSSR count). The van der Waals surface area contributed by atoms with Crippen LogP contribution in [0.25, 0.3) is 11.0 Å². The molecule has 0 saturated carbocycles. The molecule has 1 aliphatic rings. The van der Waals surface area contributed by atoms with E-state index in [4.69, 9.17) is 0 Å². The van der Waals surface area contributed by atoms with Crippen LogP contribution >= 0.6 is 0 Å². The highest BCUT2D eigenvalue weighted by molar-refractivity contribution is 7.90. The van der Waals surface area contributed by atoms with Gasteiger partial charge in [-0.3, -0.25) is 9.48 Å². The lowest BCUT2D eigenvalue weighted by molar-refractivity contribution is -0.132. The summed E-state index contributed by atoms with van der Waals surface area (Å²) in [5, 5.41) is 12.0. The first-order chi connectivity index (χ1) is 16.2. The predicted octanol–water partition coefficient (Wildman–Crippen LogP) is 1.70. The SMILES string of the molecule is CS(=O)(=O)CCC(=O)N1CCCC(Cn2ncc3cnc(Nc4cnn(CC(F)F)c4)nc32)C1. The Hall–Kier alpha value is -3.16. The van der Waals surface area contributed by atoms with Gasteiger partial charge in [-0.15, -0.1) is 0 Å². The van der Waals surface area contributed by atoms with Crippen molar-refractivity contribution in [2.24, 2.45) is 5.92 Å². The number of sulfone groups is 1. The Morgan fingerprint density at radius 2 is 2.09 bits per heavy atom. The van der Waals surface area contributed by atoms with Gasteiger partial charge in [-0.1, -0.05) is 0 Å². The number of nitrogens with zero attached hydrogens (tertiary/aromatic N) is 7. The van der Waals surface area contributed by atoms with Gasteiger partial charge in [0, 0.05) is 44.7 Å². The molecule has 1 amide bonds. The van der Waals surface area contributed by atoms with Gasteiger partial charge >= 0.3 is 0 Å². The molecule has 1 unspecified atom stereocenters. The smallest absolute Gasteiger partial charge is 0.257 e. The van der Waals surface area contributed by atoms with Crippen LogP contribution in [0.3, 0.4) is 0 Å². The van der Waals surface area contributed by atoms with Gasteiger partial charge in [0.25, 0.3) is 6.43 Å². The van der Waals surface area contributed by atoms with Crippen molar-refractivity contribution in [3.05, 3.63) is 24.8 Å². The zero-order valence-corrected chi connectivity index (χ0v) is 19.5. The van der Waals surface area contributed by atoms with E-state index >= 15 is 0 Å². The van der Waals surface area contributed by atoms with E-state index in [1.165, 1.54) is 12.4 Å². The van der Waals surface area contributed by atoms with Crippen LogP contribution < -0.4 is 5.32 Å². The lowest BCUT2D eigenvalue weighted by atomic mass is 9.98. The molecule has 1 aliphatic heterocycles. The van der Waals surface area contributed by atoms with Crippen LogP contribution in [-0.4, -0.2) is 80.3 Å². The summed E-state index contributed by atoms with van der Waals surface area (Å²) >= 11 is 0. The second-order valence-corrected chi connectivity index (χ2v) is 10.8. The van der Waals surface area contributed by atoms with Gasteiger partial charge in [-0.25, -0.2) is 26.9 Å². The number of carbonyl (C=O) groups excluding carboxylic acids is 1. The molecule has 3 aromatic rings. The average Bonchev–Trinajstić information content (AvgIpc) is 3.38. The maximum Gasteiger partial charge on any atom is 0.257 e. The molecule has 0 aliphatic carbocycles. The van der Waals surface area contributed by atoms with Crippen molar-refractivity contribution in [3.63, 3.8) is 0 Å². The Kier molecular flexibility index (Phi) is 7.05. The number of piperidine rings is 1. The van der Waals surface area contributed by atoms with Crippen molar-refractivity contribution < 1.29 is 22.0 Å². The molecule has 14 heteroatoms. The molecule has 1 atom stereocenters. The number of amides is 1. The van der Waals surface area contributed by atoms with Crippen molar-refractivity contribution >= 4 is 38.4 Å². The number of hydrogen-bond acceptors (Lipinski definition) is 8. The molecule has 4 heterocycles. The number of rotatable bonds is 9. The number of nitrogens with one attached hydrogen (secondary N) is 1. The Morgan fingerprint density at radius 1 is 1.26 bits per heavy atom. The summed E-state index contributed by atoms with van der Waals surface area (Å²) in [7, 11) is -3.19. The zero-order valence-electron chi connectivity index (χ0n) is 18.6. The summed E-state index contributed by atoms with van der Waals surface area (Å²) in [6.07, 6.45) is 6.53. The fourth-order valence-corrected chi connectivity index (χ4v) is 4.52. The lowest BCUT2D eigenvalue weighted by Gasteiger charge is -2.32. The van der Waals surface area contributed by atoms with Crippen LogP contribution in [0.4, 0.5) is 20.4 Å². The van der Waals surface area contributed by atoms with Gasteiger partial charge in [0.15, 0.2) is 5.65 Å². The number of aromatic nitrogens is 6. The van der Waals surface area contributed by atoms with Gasteiger partial charge in [0.05, 0.1) is 29.2 Å². The second-order valence-electron chi connectivity index (χ2n) is 8.49. The maximum absolute atomic E-state index is 12.5. The van der Waals surface area contributed by atoms with E-state index < -0.39 is 22.8 Å². The fraction of sp³-hybridized carbons (Fsp3) is 0.550. The van der Waals surface area contributed by atoms with E-state index in [1.54, 1.807) is 22.0 Å². The van der Waals surface area contributed by atoms with Crippen molar-refractivity contribution in [3.8, 4) is 0 Å². The Balaban J connectivity index is 1.42. The molecule has 11 nitrogen and oxygen atoms in total. The van der Waals surface area contributed by atoms with Crippen molar-refractivity contribution in [1.82, 2.24) is 34.4 Å². The third-order valence-electron chi connectivity index (χ3n) is 5.58. The number of anilines is 2. The molecular weight excluding hydrogens is 470 g/mol. The summed E-state index contributed by atoms with van der Waals surface area (Å²) in [6.45, 7) is 1.20. The molecule has 184 valence electrons. The monoisotopic (exact) mass is 496 g/mol. The van der Waals surface area contributed by atoms with E-state index in [9.17, 15) is 22.0 Å². The molecule has 1 fully saturated rings. The number of likely N-dealkylation sites (tertiary alicyclic amines) is 1. The van der Waals surface area contributed by atoms with E-state index in [1.807, 2.05) is 0 Å². The van der Waals surface area contributed by atoms with Crippen molar-refractivity contribution in [2.75, 3.05) is 30.4 Å². The highest BCUT2D eigenvalue weighted by atomic mass is 32.2. The van der Waals surface area contributed by atoms with Crippen LogP contribution in [-0.2, 0) is 27.7 Å². The van der Waals surface area contributed by atoms with Gasteiger partial charge in [-0.05, 0) is 18.8 Å². The first kappa shape index (κ1) is 24.0. The van der Waals surface area contributed by atoms with Crippen LogP contribution in [0.2, 0.25) is 0 Å². The molecule has 1 saturated heterocycles. The van der Waals surface area contributed by atoms with Crippen LogP contribution in [0.1, 0.15) is 19.3 Å². The highest BCUT2D eigenvalue weighted by Crippen LogP contribution is 2.22. The molecular formula is C20H26F2N8O3S. The molecule has 3 aromatic heterocycles. The molecule has 0 bridgehead atoms. The Labute approximate surface area is 195 Å². The van der Waals surface area contributed by atoms with Gasteiger partial charge < -0.3 is 10.2 Å². The Morgan fingerprint density at radius 3 is 2.85 bits per heavy atom. The molecule has 1 N–H and O–H groups in total. The third kappa shape index (κ3) is 6.24. The highest BCUT2D eigenvalue weighted by Gasteiger charge is 2.25. The molecule has 34 heavy (non-hydrogen) atoms. The van der Waals surface area contributed by atoms with Crippen molar-refractivity contribution in [1.29, 1.82) is 0 Å². The minimum atomic E-state index is -3.19. The van der Waals surface area contributed by atoms with Crippen molar-refractivity contribution in [2.45, 2.75) is 38.8 Å². The lowest BCUT2D eigenvalue weighted by Crippen LogP contribution is -2.41. The number of alkyl halides is 2. The normalized spacial score (nSPS) is 16.9. The topological polar surface area (TPSA) is 128 Å². The van der Waals surface area contributed by atoms with E-state index in [0.717, 1.165) is 29.2 Å². The number of halogens is 2. The molecule has 0 radical (unpaired) electrons. The summed E-state index contributed by atoms with van der Waals surface area (Å²) in [5.41, 5.74) is 1.10. The number of hydrogen-bond donors (Lipinski definition) is 1. The number of carbonyl (C=O) groups is 1. The predicted molar refractivity (Wildman–Crippen MR) is 120 cm³/mol. The van der Waals surface area contributed by atoms with Crippen LogP contribution in [0, 0.1) is 5.92 Å². The van der Waals surface area contributed by atoms with Crippen LogP contribution in [0.15, 0.2) is 24.8 Å². The van der Waals surface area contributed by atoms with E-state index in [-0.39, 0.29) is 29.9 Å². The third-order valence-corrected chi connectivity index (χ3v) is 6.53. The standard InChI is InChI=1S/C20H26F2N8O3S/c1-34(32,33)6-4-18(31)28-5-2-3-14(10-28)11-30-19-15(8-25-30)7-23-20(27-19)26-16-9-24-29(12-16)13-17(21)22/h7-9,12,14,17H,2-6,10-11,13H2,1H3,(H,23,26,27). The molecule has 0 aromatic carbocycles. The summed E-state index contributed by atoms with van der Waals surface area (Å²) in [5.74, 6) is 0.136.